The van der Waals surface area contributed by atoms with Crippen molar-refractivity contribution in [2.75, 3.05) is 26.2 Å². The van der Waals surface area contributed by atoms with Crippen LogP contribution in [0.5, 0.6) is 0 Å². The van der Waals surface area contributed by atoms with Gasteiger partial charge in [0.25, 0.3) is 5.69 Å². The predicted octanol–water partition coefficient (Wildman–Crippen LogP) is 1.82. The first-order chi connectivity index (χ1) is 9.20. The molecule has 0 aliphatic carbocycles. The highest BCUT2D eigenvalue weighted by Gasteiger charge is 2.20. The van der Waals surface area contributed by atoms with E-state index in [0.717, 1.165) is 38.2 Å². The van der Waals surface area contributed by atoms with Crippen LogP contribution in [0.1, 0.15) is 18.9 Å². The molecule has 1 aliphatic heterocycles. The van der Waals surface area contributed by atoms with Crippen molar-refractivity contribution in [1.29, 1.82) is 0 Å². The molecule has 0 radical (unpaired) electrons. The molecule has 1 saturated heterocycles. The van der Waals surface area contributed by atoms with Crippen LogP contribution in [0.4, 0.5) is 5.69 Å². The summed E-state index contributed by atoms with van der Waals surface area (Å²) in [5, 5.41) is 14.0. The van der Waals surface area contributed by atoms with E-state index in [-0.39, 0.29) is 10.6 Å². The molecule has 0 aromatic heterocycles. The Labute approximate surface area is 113 Å². The number of nitrogens with zero attached hydrogens (tertiary/aromatic N) is 2. The Hall–Kier alpha value is -1.46. The Morgan fingerprint density at radius 2 is 2.16 bits per heavy atom. The normalized spacial score (nSPS) is 18.9. The summed E-state index contributed by atoms with van der Waals surface area (Å²) in [5.41, 5.74) is 1.33. The third-order valence-corrected chi connectivity index (χ3v) is 3.79. The second-order valence-corrected chi connectivity index (χ2v) is 4.95. The SMILES string of the molecule is CCN(CCc1ccc([N+](=O)[O-])cc1)C1CCNC1. The smallest absolute Gasteiger partial charge is 0.269 e. The van der Waals surface area contributed by atoms with E-state index in [2.05, 4.69) is 17.1 Å². The van der Waals surface area contributed by atoms with Crippen LogP contribution in [0.15, 0.2) is 24.3 Å². The summed E-state index contributed by atoms with van der Waals surface area (Å²) in [7, 11) is 0. The molecular formula is C14H21N3O2. The molecule has 0 saturated carbocycles. The van der Waals surface area contributed by atoms with Crippen LogP contribution in [0.25, 0.3) is 0 Å². The van der Waals surface area contributed by atoms with Crippen LogP contribution < -0.4 is 5.32 Å². The average molecular weight is 263 g/mol. The third kappa shape index (κ3) is 3.75. The van der Waals surface area contributed by atoms with Crippen molar-refractivity contribution in [2.45, 2.75) is 25.8 Å². The largest absolute Gasteiger partial charge is 0.315 e. The number of rotatable bonds is 6. The Kier molecular flexibility index (Phi) is 4.87. The molecule has 1 aromatic carbocycles. The van der Waals surface area contributed by atoms with Gasteiger partial charge in [0.2, 0.25) is 0 Å². The van der Waals surface area contributed by atoms with Gasteiger partial charge >= 0.3 is 0 Å². The highest BCUT2D eigenvalue weighted by Crippen LogP contribution is 2.14. The number of nitrogens with one attached hydrogen (secondary N) is 1. The van der Waals surface area contributed by atoms with Crippen LogP contribution in [0.2, 0.25) is 0 Å². The lowest BCUT2D eigenvalue weighted by molar-refractivity contribution is -0.384. The number of benzene rings is 1. The molecule has 1 aromatic rings. The first-order valence-corrected chi connectivity index (χ1v) is 6.89. The van der Waals surface area contributed by atoms with Gasteiger partial charge in [-0.25, -0.2) is 0 Å². The lowest BCUT2D eigenvalue weighted by Crippen LogP contribution is -2.38. The molecule has 1 unspecified atom stereocenters. The van der Waals surface area contributed by atoms with E-state index >= 15 is 0 Å². The lowest BCUT2D eigenvalue weighted by atomic mass is 10.1. The number of non-ortho nitro benzene ring substituents is 1. The molecule has 0 spiro atoms. The molecule has 1 N–H and O–H groups in total. The van der Waals surface area contributed by atoms with Crippen LogP contribution in [0, 0.1) is 10.1 Å². The summed E-state index contributed by atoms with van der Waals surface area (Å²) in [6, 6.07) is 7.53. The van der Waals surface area contributed by atoms with Crippen LogP contribution in [0.3, 0.4) is 0 Å². The maximum absolute atomic E-state index is 10.6. The number of hydrogen-bond donors (Lipinski definition) is 1. The fraction of sp³-hybridized carbons (Fsp3) is 0.571. The average Bonchev–Trinajstić information content (AvgIpc) is 2.94. The number of nitro benzene ring substituents is 1. The molecule has 5 heteroatoms. The van der Waals surface area contributed by atoms with E-state index in [1.54, 1.807) is 12.1 Å². The number of nitro groups is 1. The van der Waals surface area contributed by atoms with Crippen molar-refractivity contribution in [2.24, 2.45) is 0 Å². The quantitative estimate of drug-likeness (QED) is 0.628. The molecule has 0 bridgehead atoms. The van der Waals surface area contributed by atoms with Gasteiger partial charge in [0.05, 0.1) is 4.92 Å². The van der Waals surface area contributed by atoms with Crippen LogP contribution in [-0.4, -0.2) is 42.0 Å². The van der Waals surface area contributed by atoms with E-state index in [9.17, 15) is 10.1 Å². The van der Waals surface area contributed by atoms with Crippen molar-refractivity contribution in [3.63, 3.8) is 0 Å². The van der Waals surface area contributed by atoms with Crippen molar-refractivity contribution >= 4 is 5.69 Å². The second kappa shape index (κ2) is 6.63. The first kappa shape index (κ1) is 14.0. The topological polar surface area (TPSA) is 58.4 Å². The van der Waals surface area contributed by atoms with Gasteiger partial charge in [-0.1, -0.05) is 19.1 Å². The summed E-state index contributed by atoms with van der Waals surface area (Å²) < 4.78 is 0. The number of likely N-dealkylation sites (N-methyl/N-ethyl adjacent to an activating group) is 1. The lowest BCUT2D eigenvalue weighted by Gasteiger charge is -2.26. The van der Waals surface area contributed by atoms with E-state index < -0.39 is 0 Å². The van der Waals surface area contributed by atoms with Gasteiger partial charge in [0.1, 0.15) is 0 Å². The zero-order chi connectivity index (χ0) is 13.7. The van der Waals surface area contributed by atoms with Gasteiger partial charge in [-0.15, -0.1) is 0 Å². The maximum atomic E-state index is 10.6. The minimum absolute atomic E-state index is 0.163. The molecular weight excluding hydrogens is 242 g/mol. The fourth-order valence-electron chi connectivity index (χ4n) is 2.61. The number of hydrogen-bond acceptors (Lipinski definition) is 4. The monoisotopic (exact) mass is 263 g/mol. The fourth-order valence-corrected chi connectivity index (χ4v) is 2.61. The van der Waals surface area contributed by atoms with Gasteiger partial charge in [-0.2, -0.15) is 0 Å². The molecule has 1 aliphatic rings. The summed E-state index contributed by atoms with van der Waals surface area (Å²) in [4.78, 5) is 12.7. The van der Waals surface area contributed by atoms with E-state index in [1.807, 2.05) is 12.1 Å². The molecule has 2 rings (SSSR count). The van der Waals surface area contributed by atoms with Crippen molar-refractivity contribution in [1.82, 2.24) is 10.2 Å². The standard InChI is InChI=1S/C14H21N3O2/c1-2-16(14-7-9-15-11-14)10-8-12-3-5-13(6-4-12)17(18)19/h3-6,14-15H,2,7-11H2,1H3. The first-order valence-electron chi connectivity index (χ1n) is 6.89. The van der Waals surface area contributed by atoms with Gasteiger partial charge in [0.15, 0.2) is 0 Å². The molecule has 104 valence electrons. The molecule has 0 amide bonds. The zero-order valence-electron chi connectivity index (χ0n) is 11.3. The predicted molar refractivity (Wildman–Crippen MR) is 75.3 cm³/mol. The minimum Gasteiger partial charge on any atom is -0.315 e. The highest BCUT2D eigenvalue weighted by molar-refractivity contribution is 5.32. The highest BCUT2D eigenvalue weighted by atomic mass is 16.6. The van der Waals surface area contributed by atoms with Crippen LogP contribution >= 0.6 is 0 Å². The Morgan fingerprint density at radius 1 is 1.42 bits per heavy atom. The summed E-state index contributed by atoms with van der Waals surface area (Å²) in [6.45, 7) is 6.45. The van der Waals surface area contributed by atoms with E-state index in [1.165, 1.54) is 6.42 Å². The second-order valence-electron chi connectivity index (χ2n) is 4.95. The van der Waals surface area contributed by atoms with Crippen molar-refractivity contribution in [3.8, 4) is 0 Å². The van der Waals surface area contributed by atoms with Gasteiger partial charge in [0, 0.05) is 31.3 Å². The molecule has 1 heterocycles. The van der Waals surface area contributed by atoms with Crippen molar-refractivity contribution in [3.05, 3.63) is 39.9 Å². The maximum Gasteiger partial charge on any atom is 0.269 e. The van der Waals surface area contributed by atoms with E-state index in [4.69, 9.17) is 0 Å². The zero-order valence-corrected chi connectivity index (χ0v) is 11.3. The summed E-state index contributed by atoms with van der Waals surface area (Å²) >= 11 is 0. The van der Waals surface area contributed by atoms with Gasteiger partial charge in [-0.05, 0) is 31.5 Å². The summed E-state index contributed by atoms with van der Waals surface area (Å²) in [5.74, 6) is 0. The van der Waals surface area contributed by atoms with Crippen LogP contribution in [-0.2, 0) is 6.42 Å². The molecule has 19 heavy (non-hydrogen) atoms. The summed E-state index contributed by atoms with van der Waals surface area (Å²) in [6.07, 6.45) is 2.16. The minimum atomic E-state index is -0.355. The molecule has 5 nitrogen and oxygen atoms in total. The van der Waals surface area contributed by atoms with Gasteiger partial charge < -0.3 is 5.32 Å². The van der Waals surface area contributed by atoms with Crippen molar-refractivity contribution < 1.29 is 4.92 Å². The molecule has 1 atom stereocenters. The molecule has 1 fully saturated rings. The van der Waals surface area contributed by atoms with Gasteiger partial charge in [-0.3, -0.25) is 15.0 Å². The van der Waals surface area contributed by atoms with E-state index in [0.29, 0.717) is 6.04 Å². The Bertz CT molecular complexity index is 413. The Balaban J connectivity index is 1.88. The third-order valence-electron chi connectivity index (χ3n) is 3.79. The Morgan fingerprint density at radius 3 is 2.68 bits per heavy atom.